The molecule has 4 rings (SSSR count). The molecule has 23 nitrogen and oxygen atoms in total. The first kappa shape index (κ1) is 56.0. The number of nitrogens with one attached hydrogen (secondary N) is 7. The topological polar surface area (TPSA) is 366 Å². The minimum absolute atomic E-state index is 0.00937. The van der Waals surface area contributed by atoms with Crippen LogP contribution in [0.1, 0.15) is 76.6 Å². The molecule has 23 heteroatoms. The number of aliphatic hydroxyl groups is 1. The molecule has 3 aromatic rings. The summed E-state index contributed by atoms with van der Waals surface area (Å²) in [4.78, 5) is 122. The van der Waals surface area contributed by atoms with Crippen molar-refractivity contribution < 1.29 is 53.7 Å². The number of carboxylic acid groups (broad SMARTS) is 1. The number of rotatable bonds is 27. The molecule has 71 heavy (non-hydrogen) atoms. The van der Waals surface area contributed by atoms with E-state index in [4.69, 9.17) is 11.5 Å². The monoisotopic (exact) mass is 989 g/mol. The number of nitrogens with zero attached hydrogens (tertiary/aromatic N) is 3. The van der Waals surface area contributed by atoms with Crippen LogP contribution in [0.5, 0.6) is 5.75 Å². The Morgan fingerprint density at radius 3 is 1.90 bits per heavy atom. The third-order valence-electron chi connectivity index (χ3n) is 11.8. The van der Waals surface area contributed by atoms with E-state index in [1.807, 2.05) is 0 Å². The van der Waals surface area contributed by atoms with Crippen molar-refractivity contribution >= 4 is 53.3 Å². The number of guanidine groups is 1. The van der Waals surface area contributed by atoms with Gasteiger partial charge in [0, 0.05) is 50.7 Å². The SMILES string of the molecule is CC(C)[C@H](NC(=O)[C@H](CCCN=C(N)N)NC(=O)CCO)C(=O)N[C@@H](Cc1ccc(O)cc1)C(=O)N[C@H](C(=O)N[C@@H](Cc1cnc[nH]1)C(=O)N1CCC[C@H]1C(=O)N[C@H](Cc1ccccc1)C(=O)O)C(C)C. The number of amides is 7. The van der Waals surface area contributed by atoms with Crippen LogP contribution >= 0.6 is 0 Å². The quantitative estimate of drug-likeness (QED) is 0.0245. The van der Waals surface area contributed by atoms with E-state index in [1.54, 1.807) is 70.2 Å². The fourth-order valence-corrected chi connectivity index (χ4v) is 7.96. The van der Waals surface area contributed by atoms with Crippen molar-refractivity contribution in [1.82, 2.24) is 46.8 Å². The minimum atomic E-state index is -1.37. The average Bonchev–Trinajstić information content (AvgIpc) is 4.04. The van der Waals surface area contributed by atoms with E-state index in [9.17, 15) is 53.7 Å². The second kappa shape index (κ2) is 27.6. The first-order valence-corrected chi connectivity index (χ1v) is 23.6. The van der Waals surface area contributed by atoms with Gasteiger partial charge in [-0.1, -0.05) is 70.2 Å². The lowest BCUT2D eigenvalue weighted by atomic mass is 9.98. The van der Waals surface area contributed by atoms with Crippen molar-refractivity contribution in [3.63, 3.8) is 0 Å². The van der Waals surface area contributed by atoms with E-state index in [0.717, 1.165) is 0 Å². The number of phenolic OH excluding ortho intramolecular Hbond substituents is 1. The molecular formula is C48H68N12O11. The number of hydrogen-bond acceptors (Lipinski definition) is 12. The maximum absolute atomic E-state index is 14.5. The van der Waals surface area contributed by atoms with Crippen molar-refractivity contribution in [2.45, 2.75) is 121 Å². The van der Waals surface area contributed by atoms with E-state index in [2.05, 4.69) is 46.9 Å². The van der Waals surface area contributed by atoms with Gasteiger partial charge in [0.25, 0.3) is 0 Å². The fourth-order valence-electron chi connectivity index (χ4n) is 7.96. The predicted octanol–water partition coefficient (Wildman–Crippen LogP) is -1.12. The number of aliphatic hydroxyl groups excluding tert-OH is 1. The van der Waals surface area contributed by atoms with Gasteiger partial charge in [0.1, 0.15) is 48.0 Å². The fraction of sp³-hybridized carbons (Fsp3) is 0.500. The van der Waals surface area contributed by atoms with Crippen LogP contribution in [0.3, 0.4) is 0 Å². The third-order valence-corrected chi connectivity index (χ3v) is 11.8. The van der Waals surface area contributed by atoms with Gasteiger partial charge in [0.15, 0.2) is 5.96 Å². The van der Waals surface area contributed by atoms with Crippen LogP contribution in [0.2, 0.25) is 0 Å². The maximum Gasteiger partial charge on any atom is 0.326 e. The molecule has 2 heterocycles. The number of carboxylic acids is 1. The van der Waals surface area contributed by atoms with Gasteiger partial charge >= 0.3 is 5.97 Å². The standard InChI is InChI=1S/C48H68N12O11/c1-27(2)39(58-41(64)33(54-38(63)18-21-61)12-8-19-52-48(49)50)44(67)55-34(22-30-14-16-32(62)17-15-30)42(65)59-40(28(3)4)45(68)56-35(24-31-25-51-26-53-31)46(69)60-20-9-13-37(60)43(66)57-36(47(70)71)23-29-10-6-5-7-11-29/h5-7,10-11,14-17,25-28,33-37,39-40,61-62H,8-9,12-13,18-24H2,1-4H3,(H,51,53)(H,54,63)(H,55,67)(H,56,68)(H,57,66)(H,58,64)(H,59,65)(H,70,71)(H4,49,50,52)/t33-,34-,35-,36+,37-,39-,40-/m0/s1. The van der Waals surface area contributed by atoms with Gasteiger partial charge in [-0.2, -0.15) is 0 Å². The molecule has 2 aromatic carbocycles. The zero-order valence-electron chi connectivity index (χ0n) is 40.4. The zero-order chi connectivity index (χ0) is 52.2. The number of imidazole rings is 1. The van der Waals surface area contributed by atoms with Gasteiger partial charge < -0.3 is 68.6 Å². The Kier molecular flexibility index (Phi) is 21.8. The zero-order valence-corrected chi connectivity index (χ0v) is 40.4. The van der Waals surface area contributed by atoms with Gasteiger partial charge in [0.2, 0.25) is 41.4 Å². The van der Waals surface area contributed by atoms with E-state index in [0.29, 0.717) is 23.2 Å². The number of benzene rings is 2. The Labute approximate surface area is 411 Å². The van der Waals surface area contributed by atoms with Gasteiger partial charge in [-0.25, -0.2) is 9.78 Å². The summed E-state index contributed by atoms with van der Waals surface area (Å²) in [5.41, 5.74) is 12.5. The second-order valence-corrected chi connectivity index (χ2v) is 18.1. The molecule has 1 saturated heterocycles. The summed E-state index contributed by atoms with van der Waals surface area (Å²) in [6, 6.07) is 5.97. The number of carbonyl (C=O) groups is 8. The number of aliphatic carboxylic acids is 1. The Hall–Kier alpha value is -7.56. The Morgan fingerprint density at radius 1 is 0.746 bits per heavy atom. The molecule has 0 aliphatic carbocycles. The van der Waals surface area contributed by atoms with Crippen molar-refractivity contribution in [2.75, 3.05) is 19.7 Å². The number of nitrogens with two attached hydrogens (primary N) is 2. The Bertz CT molecular complexity index is 2290. The lowest BCUT2D eigenvalue weighted by Crippen LogP contribution is -2.61. The highest BCUT2D eigenvalue weighted by Gasteiger charge is 2.41. The number of phenols is 1. The Balaban J connectivity index is 1.56. The number of aromatic hydroxyl groups is 1. The first-order chi connectivity index (χ1) is 33.8. The number of aliphatic imine (C=N–C) groups is 1. The molecule has 0 bridgehead atoms. The maximum atomic E-state index is 14.5. The molecule has 1 aromatic heterocycles. The highest BCUT2D eigenvalue weighted by Crippen LogP contribution is 2.21. The van der Waals surface area contributed by atoms with E-state index in [1.165, 1.54) is 29.6 Å². The van der Waals surface area contributed by atoms with Crippen molar-refractivity contribution in [3.8, 4) is 5.75 Å². The summed E-state index contributed by atoms with van der Waals surface area (Å²) in [6.45, 7) is 6.46. The molecule has 1 aliphatic heterocycles. The van der Waals surface area contributed by atoms with E-state index >= 15 is 0 Å². The molecule has 1 aliphatic rings. The van der Waals surface area contributed by atoms with E-state index < -0.39 is 108 Å². The average molecular weight is 989 g/mol. The second-order valence-electron chi connectivity index (χ2n) is 18.1. The van der Waals surface area contributed by atoms with Gasteiger partial charge in [-0.05, 0) is 60.8 Å². The lowest BCUT2D eigenvalue weighted by molar-refractivity contribution is -0.145. The summed E-state index contributed by atoms with van der Waals surface area (Å²) >= 11 is 0. The molecule has 1 fully saturated rings. The summed E-state index contributed by atoms with van der Waals surface area (Å²) in [5.74, 6) is -7.59. The van der Waals surface area contributed by atoms with E-state index in [-0.39, 0.29) is 69.7 Å². The van der Waals surface area contributed by atoms with Crippen LogP contribution in [0.4, 0.5) is 0 Å². The van der Waals surface area contributed by atoms with Gasteiger partial charge in [-0.15, -0.1) is 0 Å². The largest absolute Gasteiger partial charge is 0.508 e. The number of H-pyrrole nitrogens is 1. The summed E-state index contributed by atoms with van der Waals surface area (Å²) < 4.78 is 0. The first-order valence-electron chi connectivity index (χ1n) is 23.6. The predicted molar refractivity (Wildman–Crippen MR) is 259 cm³/mol. The highest BCUT2D eigenvalue weighted by atomic mass is 16.4. The third kappa shape index (κ3) is 17.7. The summed E-state index contributed by atoms with van der Waals surface area (Å²) in [7, 11) is 0. The highest BCUT2D eigenvalue weighted by molar-refractivity contribution is 5.98. The summed E-state index contributed by atoms with van der Waals surface area (Å²) in [5, 5.41) is 45.3. The number of hydrogen-bond donors (Lipinski definition) is 12. The van der Waals surface area contributed by atoms with Gasteiger partial charge in [0.05, 0.1) is 12.9 Å². The number of likely N-dealkylation sites (tertiary alicyclic amines) is 1. The molecule has 7 amide bonds. The molecule has 0 saturated carbocycles. The molecular weight excluding hydrogens is 921 g/mol. The van der Waals surface area contributed by atoms with Crippen LogP contribution in [0.15, 0.2) is 72.1 Å². The minimum Gasteiger partial charge on any atom is -0.508 e. The molecule has 0 radical (unpaired) electrons. The molecule has 0 spiro atoms. The van der Waals surface area contributed by atoms with Crippen LogP contribution in [-0.4, -0.2) is 145 Å². The van der Waals surface area contributed by atoms with Crippen molar-refractivity contribution in [2.24, 2.45) is 28.3 Å². The molecule has 386 valence electrons. The van der Waals surface area contributed by atoms with Crippen LogP contribution in [0, 0.1) is 11.8 Å². The number of aromatic nitrogens is 2. The van der Waals surface area contributed by atoms with Crippen LogP contribution < -0.4 is 43.4 Å². The Morgan fingerprint density at radius 2 is 1.34 bits per heavy atom. The molecule has 7 atom stereocenters. The lowest BCUT2D eigenvalue weighted by Gasteiger charge is -2.31. The number of carbonyl (C=O) groups excluding carboxylic acids is 7. The normalized spacial score (nSPS) is 15.8. The van der Waals surface area contributed by atoms with Crippen LogP contribution in [0.25, 0.3) is 0 Å². The van der Waals surface area contributed by atoms with Crippen molar-refractivity contribution in [3.05, 3.63) is 83.9 Å². The van der Waals surface area contributed by atoms with Gasteiger partial charge in [-0.3, -0.25) is 38.6 Å². The van der Waals surface area contributed by atoms with Crippen molar-refractivity contribution in [1.29, 1.82) is 0 Å². The smallest absolute Gasteiger partial charge is 0.326 e. The molecule has 14 N–H and O–H groups in total. The number of aromatic amines is 1. The molecule has 0 unspecified atom stereocenters. The summed E-state index contributed by atoms with van der Waals surface area (Å²) in [6.07, 6.45) is 3.37. The van der Waals surface area contributed by atoms with Crippen LogP contribution in [-0.2, 0) is 57.6 Å².